The molecule has 5 heteroatoms. The smallest absolute Gasteiger partial charge is 0.326 e. The van der Waals surface area contributed by atoms with E-state index in [-0.39, 0.29) is 5.91 Å². The Kier molecular flexibility index (Phi) is 7.43. The molecule has 1 aliphatic rings. The summed E-state index contributed by atoms with van der Waals surface area (Å²) in [6.45, 7) is 4.95. The van der Waals surface area contributed by atoms with Gasteiger partial charge in [-0.3, -0.25) is 4.79 Å². The van der Waals surface area contributed by atoms with E-state index in [1.165, 1.54) is 0 Å². The topological polar surface area (TPSA) is 75.6 Å². The number of carboxylic acid groups (broad SMARTS) is 1. The lowest BCUT2D eigenvalue weighted by molar-refractivity contribution is -0.144. The molecule has 1 fully saturated rings. The maximum absolute atomic E-state index is 12.6. The highest BCUT2D eigenvalue weighted by Gasteiger charge is 2.41. The lowest BCUT2D eigenvalue weighted by Crippen LogP contribution is -2.48. The number of allylic oxidation sites excluding steroid dienone is 1. The zero-order chi connectivity index (χ0) is 15.7. The lowest BCUT2D eigenvalue weighted by Gasteiger charge is -2.29. The highest BCUT2D eigenvalue weighted by molar-refractivity contribution is 5.87. The van der Waals surface area contributed by atoms with Crippen molar-refractivity contribution in [2.45, 2.75) is 58.4 Å². The van der Waals surface area contributed by atoms with Gasteiger partial charge in [0, 0.05) is 13.2 Å². The van der Waals surface area contributed by atoms with Gasteiger partial charge in [0.2, 0.25) is 5.91 Å². The standard InChI is InChI=1S/C16H27NO4/c1-3-5-8-13(14(18)19)17-15(20)16(9-6-7-10-16)11-12-21-4-2/h3,5,13H,4,6-12H2,1-2H3,(H,17,20)(H,18,19)/b5-3+. The SMILES string of the molecule is C/C=C/CC(NC(=O)C1(CCOCC)CCCC1)C(=O)O. The van der Waals surface area contributed by atoms with Crippen molar-refractivity contribution in [2.24, 2.45) is 5.41 Å². The second-order valence-corrected chi connectivity index (χ2v) is 5.60. The Morgan fingerprint density at radius 2 is 2.05 bits per heavy atom. The molecule has 1 unspecified atom stereocenters. The minimum absolute atomic E-state index is 0.128. The van der Waals surface area contributed by atoms with Crippen LogP contribution in [0.3, 0.4) is 0 Å². The summed E-state index contributed by atoms with van der Waals surface area (Å²) in [6.07, 6.45) is 8.23. The second-order valence-electron chi connectivity index (χ2n) is 5.60. The molecule has 0 bridgehead atoms. The minimum Gasteiger partial charge on any atom is -0.480 e. The van der Waals surface area contributed by atoms with Gasteiger partial charge in [-0.05, 0) is 39.5 Å². The molecule has 5 nitrogen and oxygen atoms in total. The number of ether oxygens (including phenoxy) is 1. The van der Waals surface area contributed by atoms with Gasteiger partial charge in [0.1, 0.15) is 6.04 Å². The summed E-state index contributed by atoms with van der Waals surface area (Å²) in [5, 5.41) is 11.9. The Morgan fingerprint density at radius 3 is 2.57 bits per heavy atom. The van der Waals surface area contributed by atoms with Crippen molar-refractivity contribution in [3.05, 3.63) is 12.2 Å². The van der Waals surface area contributed by atoms with Gasteiger partial charge in [0.05, 0.1) is 5.41 Å². The molecule has 120 valence electrons. The summed E-state index contributed by atoms with van der Waals surface area (Å²) in [5.74, 6) is -1.11. The maximum atomic E-state index is 12.6. The fourth-order valence-corrected chi connectivity index (χ4v) is 2.86. The largest absolute Gasteiger partial charge is 0.480 e. The third kappa shape index (κ3) is 5.16. The van der Waals surface area contributed by atoms with Crippen molar-refractivity contribution in [1.29, 1.82) is 0 Å². The Bertz CT molecular complexity index is 372. The summed E-state index contributed by atoms with van der Waals surface area (Å²) in [7, 11) is 0. The number of carboxylic acids is 1. The quantitative estimate of drug-likeness (QED) is 0.506. The molecule has 1 amide bonds. The molecule has 21 heavy (non-hydrogen) atoms. The molecule has 0 aromatic carbocycles. The molecule has 0 spiro atoms. The van der Waals surface area contributed by atoms with Crippen molar-refractivity contribution in [3.8, 4) is 0 Å². The molecule has 1 atom stereocenters. The van der Waals surface area contributed by atoms with Crippen LogP contribution >= 0.6 is 0 Å². The molecule has 0 saturated heterocycles. The summed E-state index contributed by atoms with van der Waals surface area (Å²) in [5.41, 5.74) is -0.446. The monoisotopic (exact) mass is 297 g/mol. The van der Waals surface area contributed by atoms with E-state index in [0.29, 0.717) is 26.1 Å². The number of nitrogens with one attached hydrogen (secondary N) is 1. The first-order valence-corrected chi connectivity index (χ1v) is 7.78. The van der Waals surface area contributed by atoms with Crippen LogP contribution in [-0.4, -0.2) is 36.2 Å². The van der Waals surface area contributed by atoms with Crippen molar-refractivity contribution < 1.29 is 19.4 Å². The molecule has 1 saturated carbocycles. The first kappa shape index (κ1) is 17.7. The normalized spacial score (nSPS) is 18.8. The first-order valence-electron chi connectivity index (χ1n) is 7.78. The van der Waals surface area contributed by atoms with Crippen LogP contribution in [0, 0.1) is 5.41 Å². The van der Waals surface area contributed by atoms with Crippen molar-refractivity contribution in [2.75, 3.05) is 13.2 Å². The van der Waals surface area contributed by atoms with Crippen LogP contribution in [0.4, 0.5) is 0 Å². The van der Waals surface area contributed by atoms with Gasteiger partial charge in [-0.25, -0.2) is 4.79 Å². The minimum atomic E-state index is -0.987. The summed E-state index contributed by atoms with van der Waals surface area (Å²) < 4.78 is 5.38. The van der Waals surface area contributed by atoms with E-state index in [2.05, 4.69) is 5.32 Å². The van der Waals surface area contributed by atoms with E-state index in [1.54, 1.807) is 12.2 Å². The summed E-state index contributed by atoms with van der Waals surface area (Å²) in [4.78, 5) is 23.8. The summed E-state index contributed by atoms with van der Waals surface area (Å²) >= 11 is 0. The van der Waals surface area contributed by atoms with Crippen LogP contribution in [0.15, 0.2) is 12.2 Å². The fourth-order valence-electron chi connectivity index (χ4n) is 2.86. The van der Waals surface area contributed by atoms with E-state index in [1.807, 2.05) is 13.8 Å². The van der Waals surface area contributed by atoms with Crippen LogP contribution in [0.1, 0.15) is 52.4 Å². The Labute approximate surface area is 126 Å². The molecule has 0 heterocycles. The van der Waals surface area contributed by atoms with Gasteiger partial charge in [-0.15, -0.1) is 0 Å². The average Bonchev–Trinajstić information content (AvgIpc) is 2.93. The fraction of sp³-hybridized carbons (Fsp3) is 0.750. The molecule has 2 N–H and O–H groups in total. The Morgan fingerprint density at radius 1 is 1.38 bits per heavy atom. The zero-order valence-corrected chi connectivity index (χ0v) is 13.1. The van der Waals surface area contributed by atoms with Crippen molar-refractivity contribution in [3.63, 3.8) is 0 Å². The van der Waals surface area contributed by atoms with Gasteiger partial charge in [-0.1, -0.05) is 25.0 Å². The van der Waals surface area contributed by atoms with E-state index in [0.717, 1.165) is 25.7 Å². The molecule has 0 aliphatic heterocycles. The van der Waals surface area contributed by atoms with Gasteiger partial charge >= 0.3 is 5.97 Å². The highest BCUT2D eigenvalue weighted by Crippen LogP contribution is 2.41. The molecular weight excluding hydrogens is 270 g/mol. The number of amides is 1. The molecule has 1 aliphatic carbocycles. The predicted octanol–water partition coefficient (Wildman–Crippen LogP) is 2.51. The van der Waals surface area contributed by atoms with Gasteiger partial charge in [-0.2, -0.15) is 0 Å². The lowest BCUT2D eigenvalue weighted by atomic mass is 9.81. The third-order valence-corrected chi connectivity index (χ3v) is 4.18. The Hall–Kier alpha value is -1.36. The average molecular weight is 297 g/mol. The van der Waals surface area contributed by atoms with Crippen molar-refractivity contribution in [1.82, 2.24) is 5.32 Å². The van der Waals surface area contributed by atoms with Crippen LogP contribution in [0.5, 0.6) is 0 Å². The zero-order valence-electron chi connectivity index (χ0n) is 13.1. The molecule has 1 rings (SSSR count). The van der Waals surface area contributed by atoms with Gasteiger partial charge < -0.3 is 15.2 Å². The van der Waals surface area contributed by atoms with Crippen LogP contribution in [0.2, 0.25) is 0 Å². The first-order chi connectivity index (χ1) is 10.1. The molecular formula is C16H27NO4. The van der Waals surface area contributed by atoms with Crippen LogP contribution in [0.25, 0.3) is 0 Å². The predicted molar refractivity (Wildman–Crippen MR) is 81.0 cm³/mol. The molecule has 0 radical (unpaired) electrons. The third-order valence-electron chi connectivity index (χ3n) is 4.18. The van der Waals surface area contributed by atoms with Crippen LogP contribution in [-0.2, 0) is 14.3 Å². The Balaban J connectivity index is 2.68. The van der Waals surface area contributed by atoms with E-state index < -0.39 is 17.4 Å². The number of hydrogen-bond donors (Lipinski definition) is 2. The van der Waals surface area contributed by atoms with Gasteiger partial charge in [0.25, 0.3) is 0 Å². The van der Waals surface area contributed by atoms with Crippen LogP contribution < -0.4 is 5.32 Å². The van der Waals surface area contributed by atoms with E-state index in [9.17, 15) is 14.7 Å². The highest BCUT2D eigenvalue weighted by atomic mass is 16.5. The van der Waals surface area contributed by atoms with E-state index in [4.69, 9.17) is 4.74 Å². The van der Waals surface area contributed by atoms with Gasteiger partial charge in [0.15, 0.2) is 0 Å². The summed E-state index contributed by atoms with van der Waals surface area (Å²) in [6, 6.07) is -0.849. The number of carbonyl (C=O) groups is 2. The number of hydrogen-bond acceptors (Lipinski definition) is 3. The van der Waals surface area contributed by atoms with Crippen molar-refractivity contribution >= 4 is 11.9 Å². The second kappa shape index (κ2) is 8.82. The number of carbonyl (C=O) groups excluding carboxylic acids is 1. The molecule has 0 aromatic rings. The molecule has 0 aromatic heterocycles. The number of aliphatic carboxylic acids is 1. The maximum Gasteiger partial charge on any atom is 0.326 e. The number of rotatable bonds is 9. The van der Waals surface area contributed by atoms with E-state index >= 15 is 0 Å².